The summed E-state index contributed by atoms with van der Waals surface area (Å²) in [5.74, 6) is 5.95. The van der Waals surface area contributed by atoms with Gasteiger partial charge in [-0.1, -0.05) is 12.0 Å². The Balaban J connectivity index is 1.61. The number of methoxy groups -OCH3 is 1. The highest BCUT2D eigenvalue weighted by Gasteiger charge is 2.31. The molecule has 0 amide bonds. The Labute approximate surface area is 225 Å². The molecular formula is C27H30F4N4O3S. The number of sulfone groups is 1. The van der Waals surface area contributed by atoms with Gasteiger partial charge in [-0.2, -0.15) is 13.2 Å². The minimum absolute atomic E-state index is 0.0619. The van der Waals surface area contributed by atoms with Gasteiger partial charge in [-0.3, -0.25) is 0 Å². The van der Waals surface area contributed by atoms with E-state index >= 15 is 0 Å². The Morgan fingerprint density at radius 1 is 1.15 bits per heavy atom. The van der Waals surface area contributed by atoms with Crippen LogP contribution < -0.4 is 15.4 Å². The van der Waals surface area contributed by atoms with E-state index in [1.807, 2.05) is 11.9 Å². The molecule has 39 heavy (non-hydrogen) atoms. The lowest BCUT2D eigenvalue weighted by molar-refractivity contribution is -0.140. The average molecular weight is 567 g/mol. The summed E-state index contributed by atoms with van der Waals surface area (Å²) in [7, 11) is -0.176. The first-order chi connectivity index (χ1) is 18.4. The lowest BCUT2D eigenvalue weighted by atomic mass is 10.0. The molecule has 0 radical (unpaired) electrons. The number of ether oxygens (including phenoxy) is 1. The van der Waals surface area contributed by atoms with Crippen molar-refractivity contribution in [3.05, 3.63) is 48.2 Å². The highest BCUT2D eigenvalue weighted by molar-refractivity contribution is 7.90. The lowest BCUT2D eigenvalue weighted by Crippen LogP contribution is -2.46. The zero-order valence-corrected chi connectivity index (χ0v) is 22.6. The largest absolute Gasteiger partial charge is 0.495 e. The van der Waals surface area contributed by atoms with Crippen LogP contribution in [-0.2, 0) is 16.4 Å². The molecule has 1 unspecified atom stereocenters. The first kappa shape index (κ1) is 28.6. The number of hydrogen-bond acceptors (Lipinski definition) is 6. The number of fused-ring (bicyclic) bond motifs is 1. The van der Waals surface area contributed by atoms with Crippen molar-refractivity contribution < 1.29 is 30.7 Å². The van der Waals surface area contributed by atoms with Crippen LogP contribution in [0.1, 0.15) is 12.1 Å². The molecule has 2 N–H and O–H groups in total. The topological polar surface area (TPSA) is 75.6 Å². The second-order valence-electron chi connectivity index (χ2n) is 9.58. The monoisotopic (exact) mass is 566 g/mol. The zero-order chi connectivity index (χ0) is 28.4. The predicted molar refractivity (Wildman–Crippen MR) is 144 cm³/mol. The van der Waals surface area contributed by atoms with Gasteiger partial charge >= 0.3 is 6.18 Å². The smallest absolute Gasteiger partial charge is 0.406 e. The fraction of sp³-hybridized carbons (Fsp3) is 0.407. The second kappa shape index (κ2) is 11.4. The molecule has 2 heterocycles. The number of nitrogens with zero attached hydrogens (tertiary/aromatic N) is 2. The molecule has 1 aliphatic heterocycles. The van der Waals surface area contributed by atoms with Gasteiger partial charge in [-0.05, 0) is 49.7 Å². The Morgan fingerprint density at radius 2 is 1.92 bits per heavy atom. The molecule has 4 rings (SSSR count). The maximum atomic E-state index is 14.6. The van der Waals surface area contributed by atoms with Crippen LogP contribution in [-0.4, -0.2) is 76.3 Å². The molecule has 3 aromatic rings. The average Bonchev–Trinajstić information content (AvgIpc) is 3.19. The number of piperidine rings is 1. The Bertz CT molecular complexity index is 1510. The van der Waals surface area contributed by atoms with Crippen LogP contribution in [0.25, 0.3) is 10.9 Å². The van der Waals surface area contributed by atoms with Crippen molar-refractivity contribution in [2.75, 3.05) is 50.7 Å². The van der Waals surface area contributed by atoms with Gasteiger partial charge in [0.25, 0.3) is 0 Å². The Morgan fingerprint density at radius 3 is 2.59 bits per heavy atom. The van der Waals surface area contributed by atoms with E-state index in [9.17, 15) is 26.0 Å². The fourth-order valence-corrected chi connectivity index (χ4v) is 5.24. The van der Waals surface area contributed by atoms with Crippen molar-refractivity contribution in [3.63, 3.8) is 0 Å². The molecule has 0 saturated carbocycles. The standard InChI is InChI=1S/C27H30F4N4O3S/c1-34-13-11-23(21(28)16-34)33-22-7-4-8-25-20(22)14-18(35(25)17-27(29,30)31)6-5-12-32-24-10-9-19(39(3,36)37)15-26(24)38-2/h4,7-10,14-15,21,23,32-33H,11-13,16-17H2,1-3H3/t21-,23?/m0/s1. The van der Waals surface area contributed by atoms with Gasteiger partial charge in [-0.15, -0.1) is 0 Å². The lowest BCUT2D eigenvalue weighted by Gasteiger charge is -2.33. The molecule has 0 bridgehead atoms. The van der Waals surface area contributed by atoms with Gasteiger partial charge in [-0.25, -0.2) is 12.8 Å². The molecule has 0 spiro atoms. The summed E-state index contributed by atoms with van der Waals surface area (Å²) in [4.78, 5) is 2.00. The van der Waals surface area contributed by atoms with Crippen molar-refractivity contribution in [2.45, 2.75) is 36.3 Å². The molecule has 210 valence electrons. The number of likely N-dealkylation sites (tertiary alicyclic amines) is 1. The summed E-state index contributed by atoms with van der Waals surface area (Å²) in [5, 5.41) is 6.74. The van der Waals surface area contributed by atoms with E-state index in [0.717, 1.165) is 10.8 Å². The minimum atomic E-state index is -4.48. The Kier molecular flexibility index (Phi) is 8.32. The summed E-state index contributed by atoms with van der Waals surface area (Å²) in [5.41, 5.74) is 1.55. The van der Waals surface area contributed by atoms with Crippen molar-refractivity contribution in [2.24, 2.45) is 0 Å². The van der Waals surface area contributed by atoms with Crippen LogP contribution in [0.3, 0.4) is 0 Å². The van der Waals surface area contributed by atoms with Crippen LogP contribution in [0.5, 0.6) is 5.75 Å². The van der Waals surface area contributed by atoms with Crippen molar-refractivity contribution in [1.82, 2.24) is 9.47 Å². The minimum Gasteiger partial charge on any atom is -0.495 e. The number of aromatic nitrogens is 1. The van der Waals surface area contributed by atoms with Crippen LogP contribution >= 0.6 is 0 Å². The molecule has 2 aromatic carbocycles. The van der Waals surface area contributed by atoms with Crippen LogP contribution in [0.15, 0.2) is 47.4 Å². The van der Waals surface area contributed by atoms with Gasteiger partial charge in [0.05, 0.1) is 41.5 Å². The Hall–Kier alpha value is -3.43. The molecule has 1 aromatic heterocycles. The van der Waals surface area contributed by atoms with Gasteiger partial charge in [0.1, 0.15) is 18.5 Å². The van der Waals surface area contributed by atoms with Gasteiger partial charge in [0.2, 0.25) is 0 Å². The highest BCUT2D eigenvalue weighted by Crippen LogP contribution is 2.32. The zero-order valence-electron chi connectivity index (χ0n) is 21.8. The molecule has 7 nitrogen and oxygen atoms in total. The maximum Gasteiger partial charge on any atom is 0.406 e. The quantitative estimate of drug-likeness (QED) is 0.323. The van der Waals surface area contributed by atoms with E-state index in [-0.39, 0.29) is 23.7 Å². The number of rotatable bonds is 7. The van der Waals surface area contributed by atoms with E-state index in [1.165, 1.54) is 25.3 Å². The van der Waals surface area contributed by atoms with E-state index in [4.69, 9.17) is 4.74 Å². The summed E-state index contributed by atoms with van der Waals surface area (Å²) in [6.07, 6.45) is -3.92. The highest BCUT2D eigenvalue weighted by atomic mass is 32.2. The van der Waals surface area contributed by atoms with Gasteiger partial charge in [0, 0.05) is 36.5 Å². The van der Waals surface area contributed by atoms with Gasteiger partial charge in [0.15, 0.2) is 9.84 Å². The molecular weight excluding hydrogens is 536 g/mol. The van der Waals surface area contributed by atoms with Crippen LogP contribution in [0, 0.1) is 11.8 Å². The third-order valence-corrected chi connectivity index (χ3v) is 7.66. The maximum absolute atomic E-state index is 14.6. The van der Waals surface area contributed by atoms with Crippen molar-refractivity contribution >= 4 is 32.1 Å². The molecule has 2 atom stereocenters. The summed E-state index contributed by atoms with van der Waals surface area (Å²) >= 11 is 0. The molecule has 0 aliphatic carbocycles. The molecule has 1 aliphatic rings. The summed E-state index contributed by atoms with van der Waals surface area (Å²) in [6, 6.07) is 10.5. The number of benzene rings is 2. The predicted octanol–water partition coefficient (Wildman–Crippen LogP) is 4.53. The van der Waals surface area contributed by atoms with E-state index < -0.39 is 34.8 Å². The van der Waals surface area contributed by atoms with E-state index in [2.05, 4.69) is 22.5 Å². The van der Waals surface area contributed by atoms with E-state index in [1.54, 1.807) is 24.3 Å². The van der Waals surface area contributed by atoms with Crippen molar-refractivity contribution in [1.29, 1.82) is 0 Å². The first-order valence-corrected chi connectivity index (χ1v) is 14.1. The third kappa shape index (κ3) is 6.96. The first-order valence-electron chi connectivity index (χ1n) is 12.2. The molecule has 12 heteroatoms. The number of alkyl halides is 4. The van der Waals surface area contributed by atoms with Crippen molar-refractivity contribution in [3.8, 4) is 17.6 Å². The van der Waals surface area contributed by atoms with Gasteiger partial charge < -0.3 is 24.8 Å². The number of anilines is 2. The third-order valence-electron chi connectivity index (χ3n) is 6.55. The van der Waals surface area contributed by atoms with E-state index in [0.29, 0.717) is 41.0 Å². The molecule has 1 fully saturated rings. The fourth-order valence-electron chi connectivity index (χ4n) is 4.60. The summed E-state index contributed by atoms with van der Waals surface area (Å²) < 4.78 is 85.1. The number of halogens is 4. The summed E-state index contributed by atoms with van der Waals surface area (Å²) in [6.45, 7) is -0.159. The number of nitrogens with one attached hydrogen (secondary N) is 2. The van der Waals surface area contributed by atoms with Crippen LogP contribution in [0.2, 0.25) is 0 Å². The van der Waals surface area contributed by atoms with Crippen LogP contribution in [0.4, 0.5) is 28.9 Å². The molecule has 1 saturated heterocycles. The normalized spacial score (nSPS) is 18.4. The second-order valence-corrected chi connectivity index (χ2v) is 11.6. The SMILES string of the molecule is COc1cc(S(C)(=O)=O)ccc1NCC#Cc1cc2c(NC3CCN(C)C[C@@H]3F)cccc2n1CC(F)(F)F. The number of hydrogen-bond donors (Lipinski definition) is 2.